The van der Waals surface area contributed by atoms with Gasteiger partial charge in [0.05, 0.1) is 16.8 Å². The smallest absolute Gasteiger partial charge is 0.160 e. The van der Waals surface area contributed by atoms with Crippen LogP contribution in [0.5, 0.6) is 0 Å². The summed E-state index contributed by atoms with van der Waals surface area (Å²) >= 11 is 0. The van der Waals surface area contributed by atoms with Gasteiger partial charge in [-0.05, 0) is 67.8 Å². The van der Waals surface area contributed by atoms with E-state index in [0.717, 1.165) is 50.3 Å². The van der Waals surface area contributed by atoms with Gasteiger partial charge in [-0.1, -0.05) is 133 Å². The second kappa shape index (κ2) is 12.3. The highest BCUT2D eigenvalue weighted by Crippen LogP contribution is 2.62. The molecular formula is C49H30N6. The molecule has 2 aliphatic rings. The fourth-order valence-corrected chi connectivity index (χ4v) is 8.67. The third-order valence-electron chi connectivity index (χ3n) is 11.1. The van der Waals surface area contributed by atoms with Crippen LogP contribution in [-0.4, -0.2) is 29.9 Å². The molecule has 0 N–H and O–H groups in total. The monoisotopic (exact) mass is 702 g/mol. The predicted octanol–water partition coefficient (Wildman–Crippen LogP) is 10.7. The van der Waals surface area contributed by atoms with Crippen LogP contribution in [0.1, 0.15) is 22.3 Å². The first-order valence-corrected chi connectivity index (χ1v) is 18.3. The fourth-order valence-electron chi connectivity index (χ4n) is 8.67. The summed E-state index contributed by atoms with van der Waals surface area (Å²) in [5.74, 6) is 0.653. The van der Waals surface area contributed by atoms with E-state index in [1.54, 1.807) is 12.7 Å². The van der Waals surface area contributed by atoms with Crippen LogP contribution in [0.2, 0.25) is 0 Å². The van der Waals surface area contributed by atoms with E-state index in [-0.39, 0.29) is 0 Å². The van der Waals surface area contributed by atoms with Crippen LogP contribution in [0.4, 0.5) is 0 Å². The average Bonchev–Trinajstić information content (AvgIpc) is 3.74. The molecule has 6 heteroatoms. The SMILES string of the molecule is c1ccc2c(c1)-c1ccccc1C21c2ccccc2-c2cc(-c3cc(-c4ccc(-c5cncnc5)cc4)nc(-c4ccc(-c5cncnc5)cc4)n3)ccc21. The number of hydrogen-bond acceptors (Lipinski definition) is 6. The average molecular weight is 703 g/mol. The largest absolute Gasteiger partial charge is 0.244 e. The molecule has 55 heavy (non-hydrogen) atoms. The van der Waals surface area contributed by atoms with Gasteiger partial charge in [0.25, 0.3) is 0 Å². The van der Waals surface area contributed by atoms with Crippen molar-refractivity contribution in [1.29, 1.82) is 0 Å². The Kier molecular flexibility index (Phi) is 6.97. The maximum atomic E-state index is 5.26. The summed E-state index contributed by atoms with van der Waals surface area (Å²) in [6.45, 7) is 0. The molecule has 0 saturated heterocycles. The van der Waals surface area contributed by atoms with E-state index in [9.17, 15) is 0 Å². The van der Waals surface area contributed by atoms with Gasteiger partial charge >= 0.3 is 0 Å². The molecule has 0 aliphatic heterocycles. The molecule has 3 aromatic heterocycles. The van der Waals surface area contributed by atoms with Gasteiger partial charge in [-0.15, -0.1) is 0 Å². The number of benzene rings is 6. The lowest BCUT2D eigenvalue weighted by Crippen LogP contribution is -2.25. The normalized spacial score (nSPS) is 12.9. The Balaban J connectivity index is 1.08. The lowest BCUT2D eigenvalue weighted by Gasteiger charge is -2.30. The summed E-state index contributed by atoms with van der Waals surface area (Å²) in [5, 5.41) is 0. The summed E-state index contributed by atoms with van der Waals surface area (Å²) in [6, 6.07) is 52.4. The highest BCUT2D eigenvalue weighted by Gasteiger charge is 2.51. The molecule has 9 aromatic rings. The zero-order valence-corrected chi connectivity index (χ0v) is 29.5. The van der Waals surface area contributed by atoms with Gasteiger partial charge in [-0.25, -0.2) is 29.9 Å². The van der Waals surface area contributed by atoms with Gasteiger partial charge in [0.1, 0.15) is 12.7 Å². The molecule has 1 spiro atoms. The van der Waals surface area contributed by atoms with Crippen LogP contribution < -0.4 is 0 Å². The van der Waals surface area contributed by atoms with E-state index in [0.29, 0.717) is 5.82 Å². The Hall–Kier alpha value is -7.44. The number of fused-ring (bicyclic) bond motifs is 10. The molecule has 11 rings (SSSR count). The molecule has 6 aromatic carbocycles. The van der Waals surface area contributed by atoms with Gasteiger partial charge < -0.3 is 0 Å². The molecule has 0 atom stereocenters. The molecular weight excluding hydrogens is 673 g/mol. The maximum Gasteiger partial charge on any atom is 0.160 e. The van der Waals surface area contributed by atoms with Crippen molar-refractivity contribution in [2.45, 2.75) is 5.41 Å². The Bertz CT molecular complexity index is 2760. The van der Waals surface area contributed by atoms with Gasteiger partial charge in [0.2, 0.25) is 0 Å². The van der Waals surface area contributed by atoms with E-state index in [1.807, 2.05) is 24.8 Å². The number of aromatic nitrogens is 6. The van der Waals surface area contributed by atoms with Crippen molar-refractivity contribution in [3.05, 3.63) is 205 Å². The zero-order valence-electron chi connectivity index (χ0n) is 29.5. The minimum atomic E-state index is -0.392. The lowest BCUT2D eigenvalue weighted by atomic mass is 9.70. The van der Waals surface area contributed by atoms with Crippen LogP contribution in [0.15, 0.2) is 183 Å². The first-order valence-electron chi connectivity index (χ1n) is 18.3. The van der Waals surface area contributed by atoms with Crippen molar-refractivity contribution in [3.63, 3.8) is 0 Å². The van der Waals surface area contributed by atoms with Gasteiger partial charge in [0, 0.05) is 52.6 Å². The Morgan fingerprint density at radius 2 is 0.709 bits per heavy atom. The van der Waals surface area contributed by atoms with Crippen LogP contribution in [0.3, 0.4) is 0 Å². The van der Waals surface area contributed by atoms with Gasteiger partial charge in [0.15, 0.2) is 5.82 Å². The molecule has 0 saturated carbocycles. The molecule has 0 fully saturated rings. The summed E-state index contributed by atoms with van der Waals surface area (Å²) < 4.78 is 0. The summed E-state index contributed by atoms with van der Waals surface area (Å²) in [4.78, 5) is 27.2. The topological polar surface area (TPSA) is 77.3 Å². The molecule has 3 heterocycles. The molecule has 0 radical (unpaired) electrons. The summed E-state index contributed by atoms with van der Waals surface area (Å²) in [6.07, 6.45) is 10.4. The van der Waals surface area contributed by atoms with Crippen LogP contribution in [0, 0.1) is 0 Å². The van der Waals surface area contributed by atoms with Crippen molar-refractivity contribution in [1.82, 2.24) is 29.9 Å². The Labute approximate surface area is 318 Å². The van der Waals surface area contributed by atoms with Crippen molar-refractivity contribution in [2.75, 3.05) is 0 Å². The number of nitrogens with zero attached hydrogens (tertiary/aromatic N) is 6. The third kappa shape index (κ3) is 4.82. The Morgan fingerprint density at radius 1 is 0.309 bits per heavy atom. The number of rotatable bonds is 5. The number of hydrogen-bond donors (Lipinski definition) is 0. The fraction of sp³-hybridized carbons (Fsp3) is 0.0204. The van der Waals surface area contributed by atoms with Crippen molar-refractivity contribution in [2.24, 2.45) is 0 Å². The molecule has 0 unspecified atom stereocenters. The quantitative estimate of drug-likeness (QED) is 0.178. The summed E-state index contributed by atoms with van der Waals surface area (Å²) in [7, 11) is 0. The van der Waals surface area contributed by atoms with Crippen molar-refractivity contribution in [3.8, 4) is 78.4 Å². The van der Waals surface area contributed by atoms with Crippen LogP contribution in [0.25, 0.3) is 78.4 Å². The predicted molar refractivity (Wildman–Crippen MR) is 217 cm³/mol. The maximum absolute atomic E-state index is 5.26. The Morgan fingerprint density at radius 3 is 1.24 bits per heavy atom. The standard InChI is InChI=1S/C49H30N6/c1-4-10-42-38(7-1)39-8-2-5-11-43(39)49(42)44-12-6-3-9-40(44)41-23-35(21-22-45(41)49)47-24-46(33-17-13-31(14-18-33)36-25-50-29-51-26-36)54-48(55-47)34-19-15-32(16-20-34)37-27-52-30-53-28-37/h1-30H. The van der Waals surface area contributed by atoms with Gasteiger partial charge in [-0.3, -0.25) is 0 Å². The van der Waals surface area contributed by atoms with Gasteiger partial charge in [-0.2, -0.15) is 0 Å². The second-order valence-electron chi connectivity index (χ2n) is 14.0. The molecule has 0 amide bonds. The van der Waals surface area contributed by atoms with E-state index in [4.69, 9.17) is 9.97 Å². The third-order valence-corrected chi connectivity index (χ3v) is 11.1. The van der Waals surface area contributed by atoms with Crippen molar-refractivity contribution >= 4 is 0 Å². The van der Waals surface area contributed by atoms with Crippen LogP contribution in [-0.2, 0) is 5.41 Å². The first kappa shape index (κ1) is 31.1. The zero-order chi connectivity index (χ0) is 36.3. The van der Waals surface area contributed by atoms with E-state index >= 15 is 0 Å². The molecule has 2 aliphatic carbocycles. The molecule has 256 valence electrons. The minimum Gasteiger partial charge on any atom is -0.244 e. The molecule has 0 bridgehead atoms. The van der Waals surface area contributed by atoms with Crippen molar-refractivity contribution < 1.29 is 0 Å². The lowest BCUT2D eigenvalue weighted by molar-refractivity contribution is 0.794. The van der Waals surface area contributed by atoms with E-state index in [1.165, 1.54) is 44.5 Å². The highest BCUT2D eigenvalue weighted by molar-refractivity contribution is 5.96. The van der Waals surface area contributed by atoms with E-state index in [2.05, 4.69) is 166 Å². The summed E-state index contributed by atoms with van der Waals surface area (Å²) in [5.41, 5.74) is 18.6. The van der Waals surface area contributed by atoms with Crippen LogP contribution >= 0.6 is 0 Å². The molecule has 6 nitrogen and oxygen atoms in total. The highest BCUT2D eigenvalue weighted by atomic mass is 14.9. The second-order valence-corrected chi connectivity index (χ2v) is 14.0. The minimum absolute atomic E-state index is 0.392. The van der Waals surface area contributed by atoms with E-state index < -0.39 is 5.41 Å². The first-order chi connectivity index (χ1) is 27.3.